The molecule has 1 spiro atoms. The number of rotatable bonds is 6. The molecule has 2 aliphatic carbocycles. The van der Waals surface area contributed by atoms with Gasteiger partial charge in [0.15, 0.2) is 5.60 Å². The molecule has 5 aliphatic rings. The first kappa shape index (κ1) is 39.3. The lowest BCUT2D eigenvalue weighted by Gasteiger charge is -2.52. The summed E-state index contributed by atoms with van der Waals surface area (Å²) in [6, 6.07) is 43.1. The SMILES string of the molecule is COc1ccc(C2(c3ccc(N4CCOCC4)cc3)C=Cc3c4c(c5cc(-c6ccc(N7CCOCC7)cc6)ccc5c3O2)-c2ccccc2C42CC(C)(C)CC(C)(C)C2)cc1. The molecule has 6 aromatic rings. The van der Waals surface area contributed by atoms with Gasteiger partial charge in [0.25, 0.3) is 0 Å². The number of fused-ring (bicyclic) bond motifs is 10. The molecule has 3 fully saturated rings. The maximum Gasteiger partial charge on any atom is 0.178 e. The van der Waals surface area contributed by atoms with Crippen molar-refractivity contribution in [1.29, 1.82) is 0 Å². The van der Waals surface area contributed by atoms with Gasteiger partial charge in [0, 0.05) is 65.0 Å². The Bertz CT molecular complexity index is 2670. The lowest BCUT2D eigenvalue weighted by atomic mass is 9.52. The maximum absolute atomic E-state index is 7.88. The molecule has 62 heavy (non-hydrogen) atoms. The Morgan fingerprint density at radius 1 is 0.581 bits per heavy atom. The lowest BCUT2D eigenvalue weighted by molar-refractivity contribution is 0.0642. The second-order valence-electron chi connectivity index (χ2n) is 19.9. The number of hydrogen-bond acceptors (Lipinski definition) is 6. The van der Waals surface area contributed by atoms with E-state index in [1.807, 2.05) is 0 Å². The van der Waals surface area contributed by atoms with Gasteiger partial charge in [0.05, 0.1) is 33.5 Å². The van der Waals surface area contributed by atoms with Gasteiger partial charge >= 0.3 is 0 Å². The molecule has 1 atom stereocenters. The molecule has 0 amide bonds. The van der Waals surface area contributed by atoms with E-state index in [9.17, 15) is 0 Å². The van der Waals surface area contributed by atoms with Crippen LogP contribution in [0.15, 0.2) is 121 Å². The largest absolute Gasteiger partial charge is 0.497 e. The minimum atomic E-state index is -0.887. The van der Waals surface area contributed by atoms with Crippen LogP contribution in [0.2, 0.25) is 0 Å². The molecule has 6 heteroatoms. The lowest BCUT2D eigenvalue weighted by Crippen LogP contribution is -2.44. The average molecular weight is 823 g/mol. The van der Waals surface area contributed by atoms with Crippen LogP contribution in [-0.4, -0.2) is 59.7 Å². The summed E-state index contributed by atoms with van der Waals surface area (Å²) < 4.78 is 24.9. The van der Waals surface area contributed by atoms with Gasteiger partial charge in [0.2, 0.25) is 0 Å². The molecule has 6 aromatic carbocycles. The fourth-order valence-electron chi connectivity index (χ4n) is 12.6. The predicted octanol–water partition coefficient (Wildman–Crippen LogP) is 12.0. The van der Waals surface area contributed by atoms with Gasteiger partial charge in [-0.15, -0.1) is 0 Å². The highest BCUT2D eigenvalue weighted by Crippen LogP contribution is 2.67. The molecule has 1 saturated carbocycles. The van der Waals surface area contributed by atoms with Gasteiger partial charge in [-0.3, -0.25) is 0 Å². The summed E-state index contributed by atoms with van der Waals surface area (Å²) in [4.78, 5) is 4.83. The predicted molar refractivity (Wildman–Crippen MR) is 253 cm³/mol. The first-order valence-electron chi connectivity index (χ1n) is 22.7. The van der Waals surface area contributed by atoms with Crippen LogP contribution in [0.3, 0.4) is 0 Å². The second-order valence-corrected chi connectivity index (χ2v) is 19.9. The summed E-state index contributed by atoms with van der Waals surface area (Å²) in [5, 5.41) is 2.39. The van der Waals surface area contributed by atoms with E-state index in [2.05, 4.69) is 165 Å². The van der Waals surface area contributed by atoms with Crippen LogP contribution in [0.25, 0.3) is 39.1 Å². The van der Waals surface area contributed by atoms with Crippen molar-refractivity contribution >= 4 is 28.2 Å². The molecule has 6 nitrogen and oxygen atoms in total. The molecule has 3 aliphatic heterocycles. The Morgan fingerprint density at radius 2 is 1.15 bits per heavy atom. The van der Waals surface area contributed by atoms with Crippen molar-refractivity contribution in [1.82, 2.24) is 0 Å². The van der Waals surface area contributed by atoms with E-state index in [4.69, 9.17) is 18.9 Å². The minimum Gasteiger partial charge on any atom is -0.497 e. The smallest absolute Gasteiger partial charge is 0.178 e. The van der Waals surface area contributed by atoms with Gasteiger partial charge < -0.3 is 28.7 Å². The zero-order chi connectivity index (χ0) is 42.3. The van der Waals surface area contributed by atoms with Gasteiger partial charge in [0.1, 0.15) is 11.5 Å². The Kier molecular flexibility index (Phi) is 9.37. The van der Waals surface area contributed by atoms with Gasteiger partial charge in [-0.05, 0) is 123 Å². The summed E-state index contributed by atoms with van der Waals surface area (Å²) in [6.07, 6.45) is 8.11. The summed E-state index contributed by atoms with van der Waals surface area (Å²) in [5.41, 5.74) is 13.1. The van der Waals surface area contributed by atoms with E-state index in [0.717, 1.165) is 93.5 Å². The van der Waals surface area contributed by atoms with Crippen molar-refractivity contribution in [2.45, 2.75) is 58.0 Å². The normalized spacial score (nSPS) is 21.9. The third kappa shape index (κ3) is 6.43. The zero-order valence-corrected chi connectivity index (χ0v) is 36.9. The van der Waals surface area contributed by atoms with Crippen LogP contribution in [-0.2, 0) is 20.5 Å². The molecular weight excluding hydrogens is 765 g/mol. The highest BCUT2D eigenvalue weighted by Gasteiger charge is 2.55. The quantitative estimate of drug-likeness (QED) is 0.167. The van der Waals surface area contributed by atoms with E-state index >= 15 is 0 Å². The third-order valence-corrected chi connectivity index (χ3v) is 14.5. The molecule has 3 heterocycles. The molecule has 0 bridgehead atoms. The van der Waals surface area contributed by atoms with E-state index in [1.165, 1.54) is 62.1 Å². The van der Waals surface area contributed by atoms with Gasteiger partial charge in [-0.2, -0.15) is 0 Å². The summed E-state index contributed by atoms with van der Waals surface area (Å²) in [6.45, 7) is 16.6. The Labute approximate surface area is 367 Å². The van der Waals surface area contributed by atoms with Crippen molar-refractivity contribution in [2.24, 2.45) is 10.8 Å². The molecule has 0 N–H and O–H groups in total. The number of nitrogens with zero attached hydrogens (tertiary/aromatic N) is 2. The highest BCUT2D eigenvalue weighted by atomic mass is 16.5. The van der Waals surface area contributed by atoms with Crippen molar-refractivity contribution in [3.8, 4) is 33.8 Å². The van der Waals surface area contributed by atoms with Crippen LogP contribution < -0.4 is 19.3 Å². The zero-order valence-electron chi connectivity index (χ0n) is 36.9. The number of morpholine rings is 2. The van der Waals surface area contributed by atoms with Gasteiger partial charge in [-0.1, -0.05) is 101 Å². The first-order chi connectivity index (χ1) is 30.1. The van der Waals surface area contributed by atoms with Gasteiger partial charge in [-0.25, -0.2) is 0 Å². The first-order valence-corrected chi connectivity index (χ1v) is 22.7. The molecule has 0 radical (unpaired) electrons. The molecule has 316 valence electrons. The molecule has 1 unspecified atom stereocenters. The standard InChI is InChI=1S/C56H58N2O4/c1-53(2)35-54(3,4)37-55(36-53)49-9-7-6-8-46(49)50-48-34-39(38-10-17-42(18-11-38)57-26-30-60-31-27-57)12-23-45(48)52-47(51(50)55)24-25-56(62-52,41-15-21-44(59-5)22-16-41)40-13-19-43(20-14-40)58-28-32-61-33-29-58/h6-25,34H,26-33,35-37H2,1-5H3. The number of ether oxygens (including phenoxy) is 4. The van der Waals surface area contributed by atoms with Crippen molar-refractivity contribution < 1.29 is 18.9 Å². The van der Waals surface area contributed by atoms with E-state index in [-0.39, 0.29) is 16.2 Å². The molecule has 2 saturated heterocycles. The number of anilines is 2. The van der Waals surface area contributed by atoms with E-state index < -0.39 is 5.60 Å². The summed E-state index contributed by atoms with van der Waals surface area (Å²) >= 11 is 0. The minimum absolute atomic E-state index is 0.136. The molecule has 11 rings (SSSR count). The third-order valence-electron chi connectivity index (χ3n) is 14.5. The van der Waals surface area contributed by atoms with Crippen LogP contribution in [0.4, 0.5) is 11.4 Å². The fourth-order valence-corrected chi connectivity index (χ4v) is 12.6. The molecular formula is C56H58N2O4. The van der Waals surface area contributed by atoms with Crippen molar-refractivity contribution in [3.05, 3.63) is 149 Å². The second kappa shape index (κ2) is 14.8. The summed E-state index contributed by atoms with van der Waals surface area (Å²) in [7, 11) is 1.73. The highest BCUT2D eigenvalue weighted by molar-refractivity contribution is 6.10. The van der Waals surface area contributed by atoms with Crippen molar-refractivity contribution in [3.63, 3.8) is 0 Å². The molecule has 0 aromatic heterocycles. The number of hydrogen-bond donors (Lipinski definition) is 0. The fraction of sp³-hybridized carbons (Fsp3) is 0.357. The van der Waals surface area contributed by atoms with Crippen LogP contribution >= 0.6 is 0 Å². The Hall–Kier alpha value is -5.56. The number of methoxy groups -OCH3 is 1. The van der Waals surface area contributed by atoms with Crippen LogP contribution in [0.5, 0.6) is 11.5 Å². The van der Waals surface area contributed by atoms with Crippen LogP contribution in [0, 0.1) is 10.8 Å². The summed E-state index contributed by atoms with van der Waals surface area (Å²) in [5.74, 6) is 1.78. The Morgan fingerprint density at radius 3 is 1.76 bits per heavy atom. The van der Waals surface area contributed by atoms with Crippen molar-refractivity contribution in [2.75, 3.05) is 69.5 Å². The monoisotopic (exact) mass is 822 g/mol. The van der Waals surface area contributed by atoms with Crippen LogP contribution in [0.1, 0.15) is 74.8 Å². The Balaban J connectivity index is 1.14. The van der Waals surface area contributed by atoms with E-state index in [0.29, 0.717) is 0 Å². The topological polar surface area (TPSA) is 43.4 Å². The average Bonchev–Trinajstić information content (AvgIpc) is 3.56. The maximum atomic E-state index is 7.88. The number of benzene rings is 6. The van der Waals surface area contributed by atoms with E-state index in [1.54, 1.807) is 7.11 Å².